The van der Waals surface area contributed by atoms with E-state index in [4.69, 9.17) is 9.84 Å². The maximum absolute atomic E-state index is 13.4. The molecule has 6 rings (SSSR count). The number of aromatic carboxylic acids is 1. The van der Waals surface area contributed by atoms with Crippen LogP contribution in [-0.4, -0.2) is 69.4 Å². The van der Waals surface area contributed by atoms with Crippen molar-refractivity contribution in [2.45, 2.75) is 44.4 Å². The molecule has 1 unspecified atom stereocenters. The predicted molar refractivity (Wildman–Crippen MR) is 151 cm³/mol. The van der Waals surface area contributed by atoms with Gasteiger partial charge in [0.05, 0.1) is 29.8 Å². The number of nitrogens with one attached hydrogen (secondary N) is 1. The maximum Gasteiger partial charge on any atom is 0.335 e. The molecule has 1 aromatic carbocycles. The Morgan fingerprint density at radius 1 is 1.05 bits per heavy atom. The summed E-state index contributed by atoms with van der Waals surface area (Å²) >= 11 is 0. The molecular formula is C29H33N5O5S. The van der Waals surface area contributed by atoms with Crippen LogP contribution in [0.4, 0.5) is 0 Å². The molecule has 2 N–H and O–H groups in total. The van der Waals surface area contributed by atoms with Crippen LogP contribution in [0.5, 0.6) is 5.75 Å². The molecule has 2 fully saturated rings. The number of hydrogen-bond acceptors (Lipinski definition) is 7. The number of fused-ring (bicyclic) bond motifs is 3. The highest BCUT2D eigenvalue weighted by Gasteiger charge is 2.34. The van der Waals surface area contributed by atoms with Crippen LogP contribution >= 0.6 is 0 Å². The second-order valence-electron chi connectivity index (χ2n) is 11.1. The van der Waals surface area contributed by atoms with Crippen molar-refractivity contribution in [2.75, 3.05) is 25.4 Å². The van der Waals surface area contributed by atoms with Gasteiger partial charge in [-0.1, -0.05) is 0 Å². The van der Waals surface area contributed by atoms with E-state index in [-0.39, 0.29) is 29.1 Å². The van der Waals surface area contributed by atoms with Gasteiger partial charge in [-0.05, 0) is 74.8 Å². The van der Waals surface area contributed by atoms with Crippen molar-refractivity contribution >= 4 is 37.8 Å². The Morgan fingerprint density at radius 3 is 2.62 bits per heavy atom. The molecule has 10 nitrogen and oxygen atoms in total. The van der Waals surface area contributed by atoms with E-state index < -0.39 is 16.0 Å². The number of carbonyl (C=O) groups is 1. The Hall–Kier alpha value is -3.57. The summed E-state index contributed by atoms with van der Waals surface area (Å²) < 4.78 is 34.3. The fraction of sp³-hybridized carbons (Fsp3) is 0.448. The number of piperidine rings is 1. The highest BCUT2D eigenvalue weighted by molar-refractivity contribution is 7.89. The van der Waals surface area contributed by atoms with Gasteiger partial charge in [0.2, 0.25) is 10.0 Å². The second-order valence-corrected chi connectivity index (χ2v) is 13.1. The molecule has 11 heteroatoms. The molecule has 40 heavy (non-hydrogen) atoms. The fourth-order valence-corrected chi connectivity index (χ4v) is 8.21. The second kappa shape index (κ2) is 11.1. The van der Waals surface area contributed by atoms with E-state index in [1.165, 1.54) is 12.1 Å². The van der Waals surface area contributed by atoms with Gasteiger partial charge in [0.25, 0.3) is 0 Å². The lowest BCUT2D eigenvalue weighted by Crippen LogP contribution is -2.43. The Bertz CT molecular complexity index is 1610. The van der Waals surface area contributed by atoms with Gasteiger partial charge in [-0.15, -0.1) is 0 Å². The third-order valence-electron chi connectivity index (χ3n) is 8.38. The minimum atomic E-state index is -3.38. The van der Waals surface area contributed by atoms with Gasteiger partial charge in [0.15, 0.2) is 0 Å². The molecule has 4 aromatic rings. The third kappa shape index (κ3) is 5.53. The molecule has 210 valence electrons. The number of benzene rings is 1. The van der Waals surface area contributed by atoms with Crippen LogP contribution in [-0.2, 0) is 10.0 Å². The molecule has 1 saturated heterocycles. The van der Waals surface area contributed by atoms with Crippen LogP contribution in [0, 0.1) is 11.8 Å². The summed E-state index contributed by atoms with van der Waals surface area (Å²) in [5, 5.41) is 20.9. The zero-order chi connectivity index (χ0) is 27.7. The minimum absolute atomic E-state index is 0.100. The van der Waals surface area contributed by atoms with Crippen molar-refractivity contribution in [1.29, 1.82) is 0 Å². The van der Waals surface area contributed by atoms with Crippen molar-refractivity contribution < 1.29 is 23.1 Å². The average Bonchev–Trinajstić information content (AvgIpc) is 3.46. The maximum atomic E-state index is 13.4. The van der Waals surface area contributed by atoms with Crippen molar-refractivity contribution in [3.05, 3.63) is 60.2 Å². The standard InChI is InChI=1S/C29H33N5O5S/c35-29(36)22-7-9-24(10-8-22)39-17-20-2-1-13-34(16-20)40(37,38)18-19-3-5-21(6-4-19)27-26-23(15-32-33-27)14-31-28-25(26)11-12-30-28/h7-12,14-15,19-21H,1-6,13,16-18H2,(H,30,31)(H,35,36). The third-order valence-corrected chi connectivity index (χ3v) is 10.4. The summed E-state index contributed by atoms with van der Waals surface area (Å²) in [4.78, 5) is 18.7. The lowest BCUT2D eigenvalue weighted by atomic mass is 9.80. The molecule has 1 aliphatic carbocycles. The first-order valence-electron chi connectivity index (χ1n) is 13.9. The first-order valence-corrected chi connectivity index (χ1v) is 15.5. The Labute approximate surface area is 232 Å². The predicted octanol–water partition coefficient (Wildman–Crippen LogP) is 4.60. The van der Waals surface area contributed by atoms with E-state index in [0.29, 0.717) is 25.4 Å². The van der Waals surface area contributed by atoms with Crippen LogP contribution in [0.2, 0.25) is 0 Å². The number of H-pyrrole nitrogens is 1. The molecule has 1 atom stereocenters. The summed E-state index contributed by atoms with van der Waals surface area (Å²) in [6.07, 6.45) is 10.6. The van der Waals surface area contributed by atoms with E-state index in [1.807, 2.05) is 18.5 Å². The van der Waals surface area contributed by atoms with Gasteiger partial charge in [0, 0.05) is 53.5 Å². The van der Waals surface area contributed by atoms with Gasteiger partial charge < -0.3 is 14.8 Å². The monoisotopic (exact) mass is 563 g/mol. The molecule has 0 radical (unpaired) electrons. The summed E-state index contributed by atoms with van der Waals surface area (Å²) in [6.45, 7) is 1.41. The van der Waals surface area contributed by atoms with Crippen molar-refractivity contribution in [3.8, 4) is 5.75 Å². The van der Waals surface area contributed by atoms with Crippen LogP contribution in [0.15, 0.2) is 48.9 Å². The van der Waals surface area contributed by atoms with Gasteiger partial charge in [-0.2, -0.15) is 10.2 Å². The largest absolute Gasteiger partial charge is 0.493 e. The number of carboxylic acid groups (broad SMARTS) is 1. The Balaban J connectivity index is 1.05. The van der Waals surface area contributed by atoms with E-state index in [0.717, 1.165) is 66.0 Å². The van der Waals surface area contributed by atoms with Gasteiger partial charge in [0.1, 0.15) is 11.4 Å². The van der Waals surface area contributed by atoms with E-state index in [1.54, 1.807) is 22.6 Å². The van der Waals surface area contributed by atoms with Crippen molar-refractivity contribution in [2.24, 2.45) is 11.8 Å². The molecule has 1 saturated carbocycles. The van der Waals surface area contributed by atoms with Gasteiger partial charge in [-0.3, -0.25) is 0 Å². The molecular weight excluding hydrogens is 530 g/mol. The summed E-state index contributed by atoms with van der Waals surface area (Å²) in [7, 11) is -3.38. The average molecular weight is 564 g/mol. The Morgan fingerprint density at radius 2 is 1.85 bits per heavy atom. The summed E-state index contributed by atoms with van der Waals surface area (Å²) in [5.74, 6) is 0.261. The SMILES string of the molecule is O=C(O)c1ccc(OCC2CCCN(S(=O)(=O)CC3CCC(c4nncc5cnc6[nH]ccc6c45)CC3)C2)cc1. The number of ether oxygens (including phenoxy) is 1. The molecule has 2 aliphatic rings. The number of aromatic nitrogens is 4. The number of carboxylic acids is 1. The molecule has 0 spiro atoms. The number of nitrogens with zero attached hydrogens (tertiary/aromatic N) is 4. The van der Waals surface area contributed by atoms with E-state index >= 15 is 0 Å². The summed E-state index contributed by atoms with van der Waals surface area (Å²) in [6, 6.07) is 8.32. The minimum Gasteiger partial charge on any atom is -0.493 e. The quantitative estimate of drug-likeness (QED) is 0.317. The topological polar surface area (TPSA) is 138 Å². The van der Waals surface area contributed by atoms with Crippen LogP contribution < -0.4 is 4.74 Å². The lowest BCUT2D eigenvalue weighted by molar-refractivity contribution is 0.0697. The number of rotatable bonds is 8. The highest BCUT2D eigenvalue weighted by atomic mass is 32.2. The zero-order valence-electron chi connectivity index (χ0n) is 22.2. The van der Waals surface area contributed by atoms with Crippen LogP contribution in [0.3, 0.4) is 0 Å². The van der Waals surface area contributed by atoms with E-state index in [9.17, 15) is 13.2 Å². The number of aromatic amines is 1. The molecule has 4 heterocycles. The number of hydrogen-bond donors (Lipinski definition) is 2. The first kappa shape index (κ1) is 26.6. The van der Waals surface area contributed by atoms with Crippen molar-refractivity contribution in [1.82, 2.24) is 24.5 Å². The summed E-state index contributed by atoms with van der Waals surface area (Å²) in [5.41, 5.74) is 2.03. The fourth-order valence-electron chi connectivity index (χ4n) is 6.23. The Kier molecular flexibility index (Phi) is 7.41. The molecule has 3 aromatic heterocycles. The first-order chi connectivity index (χ1) is 19.4. The van der Waals surface area contributed by atoms with Crippen LogP contribution in [0.25, 0.3) is 21.8 Å². The molecule has 0 bridgehead atoms. The number of sulfonamides is 1. The number of pyridine rings is 1. The van der Waals surface area contributed by atoms with Crippen LogP contribution in [0.1, 0.15) is 60.5 Å². The zero-order valence-corrected chi connectivity index (χ0v) is 23.0. The van der Waals surface area contributed by atoms with Crippen molar-refractivity contribution in [3.63, 3.8) is 0 Å². The molecule has 0 amide bonds. The van der Waals surface area contributed by atoms with Gasteiger partial charge >= 0.3 is 5.97 Å². The van der Waals surface area contributed by atoms with Gasteiger partial charge in [-0.25, -0.2) is 22.5 Å². The highest BCUT2D eigenvalue weighted by Crippen LogP contribution is 2.39. The smallest absolute Gasteiger partial charge is 0.335 e. The molecule has 1 aliphatic heterocycles. The van der Waals surface area contributed by atoms with E-state index in [2.05, 4.69) is 20.2 Å². The normalized spacial score (nSPS) is 22.4. The lowest BCUT2D eigenvalue weighted by Gasteiger charge is -2.34.